The lowest BCUT2D eigenvalue weighted by atomic mass is 10.2. The summed E-state index contributed by atoms with van der Waals surface area (Å²) >= 11 is 1.75. The van der Waals surface area contributed by atoms with E-state index in [0.29, 0.717) is 6.42 Å². The summed E-state index contributed by atoms with van der Waals surface area (Å²) in [5, 5.41) is 1.14. The second-order valence-electron chi connectivity index (χ2n) is 7.00. The zero-order chi connectivity index (χ0) is 19.3. The van der Waals surface area contributed by atoms with Crippen LogP contribution in [0.15, 0.2) is 54.6 Å². The molecule has 1 aromatic heterocycles. The molecule has 0 spiro atoms. The highest BCUT2D eigenvalue weighted by Crippen LogP contribution is 2.23. The Balaban J connectivity index is 1.32. The average molecular weight is 396 g/mol. The number of rotatable bonds is 6. The minimum absolute atomic E-state index is 0.0889. The van der Waals surface area contributed by atoms with Crippen molar-refractivity contribution < 1.29 is 9.53 Å². The molecule has 2 aromatic carbocycles. The molecule has 146 valence electrons. The number of benzene rings is 2. The maximum Gasteiger partial charge on any atom is 0.263 e. The maximum atomic E-state index is 12.9. The number of thiazole rings is 1. The summed E-state index contributed by atoms with van der Waals surface area (Å²) in [6.07, 6.45) is 0.248. The second-order valence-corrected chi connectivity index (χ2v) is 8.12. The highest BCUT2D eigenvalue weighted by molar-refractivity contribution is 7.18. The Morgan fingerprint density at radius 1 is 1.07 bits per heavy atom. The van der Waals surface area contributed by atoms with E-state index in [9.17, 15) is 4.79 Å². The fourth-order valence-electron chi connectivity index (χ4n) is 3.48. The highest BCUT2D eigenvalue weighted by Gasteiger charge is 2.28. The average Bonchev–Trinajstić information content (AvgIpc) is 3.15. The van der Waals surface area contributed by atoms with Crippen molar-refractivity contribution in [1.29, 1.82) is 0 Å². The summed E-state index contributed by atoms with van der Waals surface area (Å²) in [6, 6.07) is 17.8. The number of nitrogens with zero attached hydrogens (tertiary/aromatic N) is 3. The predicted molar refractivity (Wildman–Crippen MR) is 113 cm³/mol. The number of hydrogen-bond donors (Lipinski definition) is 0. The van der Waals surface area contributed by atoms with E-state index in [-0.39, 0.29) is 5.91 Å². The van der Waals surface area contributed by atoms with Crippen molar-refractivity contribution in [3.05, 3.63) is 59.6 Å². The van der Waals surface area contributed by atoms with Gasteiger partial charge in [0.05, 0.1) is 16.8 Å². The van der Waals surface area contributed by atoms with Crippen molar-refractivity contribution >= 4 is 27.5 Å². The third-order valence-electron chi connectivity index (χ3n) is 5.05. The summed E-state index contributed by atoms with van der Waals surface area (Å²) in [6.45, 7) is 6.04. The molecule has 3 aromatic rings. The van der Waals surface area contributed by atoms with Gasteiger partial charge in [-0.25, -0.2) is 4.98 Å². The van der Waals surface area contributed by atoms with Crippen molar-refractivity contribution in [2.75, 3.05) is 26.2 Å². The number of ether oxygens (including phenoxy) is 1. The van der Waals surface area contributed by atoms with E-state index in [1.807, 2.05) is 48.2 Å². The fraction of sp³-hybridized carbons (Fsp3) is 0.364. The number of carbonyl (C=O) groups is 1. The molecule has 1 aliphatic heterocycles. The fourth-order valence-corrected chi connectivity index (χ4v) is 4.49. The summed E-state index contributed by atoms with van der Waals surface area (Å²) in [4.78, 5) is 21.9. The number of piperazine rings is 1. The van der Waals surface area contributed by atoms with E-state index < -0.39 is 6.10 Å². The number of carbonyl (C=O) groups excluding carboxylic acids is 1. The van der Waals surface area contributed by atoms with Crippen molar-refractivity contribution in [1.82, 2.24) is 14.8 Å². The quantitative estimate of drug-likeness (QED) is 0.637. The van der Waals surface area contributed by atoms with Crippen LogP contribution in [-0.2, 0) is 11.3 Å². The molecule has 1 aliphatic rings. The molecule has 2 heterocycles. The monoisotopic (exact) mass is 395 g/mol. The van der Waals surface area contributed by atoms with Gasteiger partial charge in [0.15, 0.2) is 6.10 Å². The minimum atomic E-state index is -0.418. The molecular formula is C22H25N3O2S. The lowest BCUT2D eigenvalue weighted by Crippen LogP contribution is -2.52. The van der Waals surface area contributed by atoms with Crippen LogP contribution in [0.5, 0.6) is 5.75 Å². The van der Waals surface area contributed by atoms with E-state index in [2.05, 4.69) is 23.1 Å². The maximum absolute atomic E-state index is 12.9. The van der Waals surface area contributed by atoms with Gasteiger partial charge in [-0.3, -0.25) is 9.69 Å². The van der Waals surface area contributed by atoms with E-state index in [0.717, 1.165) is 49.0 Å². The molecule has 1 fully saturated rings. The van der Waals surface area contributed by atoms with Crippen LogP contribution in [-0.4, -0.2) is 53.0 Å². The van der Waals surface area contributed by atoms with Gasteiger partial charge in [-0.2, -0.15) is 0 Å². The van der Waals surface area contributed by atoms with Crippen molar-refractivity contribution in [3.63, 3.8) is 0 Å². The zero-order valence-electron chi connectivity index (χ0n) is 16.1. The van der Waals surface area contributed by atoms with Crippen LogP contribution in [0, 0.1) is 0 Å². The standard InChI is InChI=1S/C22H25N3O2S/c1-2-19(27-17-8-4-3-5-9-17)22(26)25-14-12-24(13-15-25)16-21-23-18-10-6-7-11-20(18)28-21/h3-11,19H,2,12-16H2,1H3/t19-/m1/s1. The number of fused-ring (bicyclic) bond motifs is 1. The van der Waals surface area contributed by atoms with Crippen LogP contribution in [0.2, 0.25) is 0 Å². The Bertz CT molecular complexity index is 887. The van der Waals surface area contributed by atoms with Gasteiger partial charge < -0.3 is 9.64 Å². The van der Waals surface area contributed by atoms with Gasteiger partial charge in [-0.05, 0) is 30.7 Å². The van der Waals surface area contributed by atoms with E-state index >= 15 is 0 Å². The molecule has 0 bridgehead atoms. The number of amides is 1. The van der Waals surface area contributed by atoms with E-state index in [1.165, 1.54) is 4.70 Å². The highest BCUT2D eigenvalue weighted by atomic mass is 32.1. The Kier molecular flexibility index (Phi) is 5.88. The lowest BCUT2D eigenvalue weighted by Gasteiger charge is -2.35. The Labute approximate surface area is 169 Å². The van der Waals surface area contributed by atoms with Crippen LogP contribution >= 0.6 is 11.3 Å². The first-order chi connectivity index (χ1) is 13.7. The summed E-state index contributed by atoms with van der Waals surface area (Å²) in [5.74, 6) is 0.836. The first-order valence-electron chi connectivity index (χ1n) is 9.80. The smallest absolute Gasteiger partial charge is 0.263 e. The molecule has 1 saturated heterocycles. The summed E-state index contributed by atoms with van der Waals surface area (Å²) in [7, 11) is 0. The van der Waals surface area contributed by atoms with Crippen molar-refractivity contribution in [2.45, 2.75) is 26.0 Å². The van der Waals surface area contributed by atoms with Crippen LogP contribution in [0.4, 0.5) is 0 Å². The molecule has 0 aliphatic carbocycles. The topological polar surface area (TPSA) is 45.7 Å². The molecule has 5 nitrogen and oxygen atoms in total. The molecule has 0 radical (unpaired) electrons. The molecule has 1 amide bonds. The molecule has 28 heavy (non-hydrogen) atoms. The Morgan fingerprint density at radius 3 is 2.50 bits per heavy atom. The van der Waals surface area contributed by atoms with Gasteiger partial charge in [0.25, 0.3) is 5.91 Å². The first-order valence-corrected chi connectivity index (χ1v) is 10.6. The van der Waals surface area contributed by atoms with Crippen molar-refractivity contribution in [2.24, 2.45) is 0 Å². The van der Waals surface area contributed by atoms with Gasteiger partial charge in [-0.1, -0.05) is 37.3 Å². The lowest BCUT2D eigenvalue weighted by molar-refractivity contribution is -0.140. The Morgan fingerprint density at radius 2 is 1.79 bits per heavy atom. The van der Waals surface area contributed by atoms with Crippen LogP contribution in [0.3, 0.4) is 0 Å². The number of hydrogen-bond acceptors (Lipinski definition) is 5. The molecule has 6 heteroatoms. The molecule has 0 saturated carbocycles. The third-order valence-corrected chi connectivity index (χ3v) is 6.07. The first kappa shape index (κ1) is 18.9. The molecule has 4 rings (SSSR count). The molecular weight excluding hydrogens is 370 g/mol. The zero-order valence-corrected chi connectivity index (χ0v) is 16.9. The normalized spacial score (nSPS) is 16.2. The van der Waals surface area contributed by atoms with E-state index in [1.54, 1.807) is 11.3 Å². The summed E-state index contributed by atoms with van der Waals surface area (Å²) < 4.78 is 7.15. The van der Waals surface area contributed by atoms with Gasteiger partial charge in [0.2, 0.25) is 0 Å². The minimum Gasteiger partial charge on any atom is -0.481 e. The molecule has 0 unspecified atom stereocenters. The van der Waals surface area contributed by atoms with Crippen molar-refractivity contribution in [3.8, 4) is 5.75 Å². The van der Waals surface area contributed by atoms with Crippen LogP contribution in [0.1, 0.15) is 18.4 Å². The predicted octanol–water partition coefficient (Wildman–Crippen LogP) is 3.80. The van der Waals surface area contributed by atoms with Crippen LogP contribution in [0.25, 0.3) is 10.2 Å². The largest absolute Gasteiger partial charge is 0.481 e. The SMILES string of the molecule is CC[C@@H](Oc1ccccc1)C(=O)N1CCN(Cc2nc3ccccc3s2)CC1. The van der Waals surface area contributed by atoms with Gasteiger partial charge in [0, 0.05) is 26.2 Å². The summed E-state index contributed by atoms with van der Waals surface area (Å²) in [5.41, 5.74) is 1.07. The van der Waals surface area contributed by atoms with Gasteiger partial charge in [0.1, 0.15) is 10.8 Å². The van der Waals surface area contributed by atoms with Gasteiger partial charge >= 0.3 is 0 Å². The number of para-hydroxylation sites is 2. The van der Waals surface area contributed by atoms with Gasteiger partial charge in [-0.15, -0.1) is 11.3 Å². The molecule has 0 N–H and O–H groups in total. The van der Waals surface area contributed by atoms with E-state index in [4.69, 9.17) is 9.72 Å². The third kappa shape index (κ3) is 4.34. The molecule has 1 atom stereocenters. The Hall–Kier alpha value is -2.44. The second kappa shape index (κ2) is 8.71. The number of aromatic nitrogens is 1. The van der Waals surface area contributed by atoms with Crippen LogP contribution < -0.4 is 4.74 Å².